The van der Waals surface area contributed by atoms with Crippen molar-refractivity contribution in [2.75, 3.05) is 6.23 Å². The standard InChI is InChI=1S/C11H15Cl3O3Si2/c1-3-18(2)16-7-9-6-10(4-5-11(9)17-18)15-8-19(12,13)14/h4-6H,3,7-8H2,1-2H3. The van der Waals surface area contributed by atoms with E-state index in [1.807, 2.05) is 18.2 Å². The molecule has 1 aromatic rings. The summed E-state index contributed by atoms with van der Waals surface area (Å²) in [6.07, 6.45) is 0.138. The van der Waals surface area contributed by atoms with Crippen LogP contribution in [0, 0.1) is 0 Å². The zero-order valence-electron chi connectivity index (χ0n) is 10.7. The Labute approximate surface area is 129 Å². The van der Waals surface area contributed by atoms with Gasteiger partial charge in [0, 0.05) is 5.56 Å². The van der Waals surface area contributed by atoms with Crippen LogP contribution in [0.2, 0.25) is 12.6 Å². The molecule has 1 aromatic carbocycles. The van der Waals surface area contributed by atoms with Crippen LogP contribution in [0.25, 0.3) is 0 Å². The van der Waals surface area contributed by atoms with Crippen LogP contribution in [0.3, 0.4) is 0 Å². The van der Waals surface area contributed by atoms with Crippen LogP contribution in [-0.2, 0) is 11.0 Å². The second-order valence-electron chi connectivity index (χ2n) is 4.55. The summed E-state index contributed by atoms with van der Waals surface area (Å²) in [6.45, 7) is 4.70. The molecule has 8 heteroatoms. The molecule has 0 fully saturated rings. The Morgan fingerprint density at radius 1 is 1.37 bits per heavy atom. The molecule has 1 atom stereocenters. The molecule has 0 bridgehead atoms. The van der Waals surface area contributed by atoms with Gasteiger partial charge in [-0.15, -0.1) is 33.2 Å². The molecule has 1 heterocycles. The smallest absolute Gasteiger partial charge is 0.395 e. The van der Waals surface area contributed by atoms with Crippen LogP contribution < -0.4 is 9.16 Å². The first-order valence-electron chi connectivity index (χ1n) is 5.97. The van der Waals surface area contributed by atoms with Crippen LogP contribution in [-0.4, -0.2) is 20.8 Å². The van der Waals surface area contributed by atoms with Crippen LogP contribution in [0.1, 0.15) is 12.5 Å². The lowest BCUT2D eigenvalue weighted by Crippen LogP contribution is -2.43. The van der Waals surface area contributed by atoms with Crippen molar-refractivity contribution in [2.45, 2.75) is 26.1 Å². The molecule has 3 nitrogen and oxygen atoms in total. The number of hydrogen-bond donors (Lipinski definition) is 0. The Hall–Kier alpha value is 0.0838. The van der Waals surface area contributed by atoms with Crippen LogP contribution >= 0.6 is 33.2 Å². The lowest BCUT2D eigenvalue weighted by molar-refractivity contribution is 0.205. The number of ether oxygens (including phenoxy) is 1. The Kier molecular flexibility index (Phi) is 4.75. The molecule has 0 N–H and O–H groups in total. The molecule has 0 aliphatic carbocycles. The number of fused-ring (bicyclic) bond motifs is 1. The molecule has 2 rings (SSSR count). The third kappa shape index (κ3) is 4.27. The van der Waals surface area contributed by atoms with Gasteiger partial charge in [0.15, 0.2) is 0 Å². The van der Waals surface area contributed by atoms with Gasteiger partial charge in [-0.2, -0.15) is 0 Å². The van der Waals surface area contributed by atoms with Gasteiger partial charge >= 0.3 is 14.6 Å². The van der Waals surface area contributed by atoms with Gasteiger partial charge in [0.05, 0.1) is 6.61 Å². The molecule has 1 aliphatic rings. The second-order valence-corrected chi connectivity index (χ2v) is 17.1. The summed E-state index contributed by atoms with van der Waals surface area (Å²) in [6, 6.07) is 3.76. The molecule has 1 unspecified atom stereocenters. The summed E-state index contributed by atoms with van der Waals surface area (Å²) in [5.41, 5.74) is 0.974. The topological polar surface area (TPSA) is 27.7 Å². The first-order chi connectivity index (χ1) is 8.81. The van der Waals surface area contributed by atoms with E-state index in [0.29, 0.717) is 12.4 Å². The fraction of sp³-hybridized carbons (Fsp3) is 0.455. The highest BCUT2D eigenvalue weighted by Gasteiger charge is 2.36. The molecule has 0 aromatic heterocycles. The van der Waals surface area contributed by atoms with E-state index in [1.165, 1.54) is 0 Å². The number of benzene rings is 1. The van der Waals surface area contributed by atoms with Gasteiger partial charge in [-0.25, -0.2) is 0 Å². The van der Waals surface area contributed by atoms with Crippen molar-refractivity contribution >= 4 is 47.8 Å². The third-order valence-electron chi connectivity index (χ3n) is 2.94. The number of halogens is 3. The highest BCUT2D eigenvalue weighted by molar-refractivity contribution is 7.64. The van der Waals surface area contributed by atoms with Gasteiger partial charge in [-0.05, 0) is 30.8 Å². The normalized spacial score (nSPS) is 22.6. The fourth-order valence-corrected chi connectivity index (χ4v) is 4.04. The van der Waals surface area contributed by atoms with Crippen molar-refractivity contribution in [3.63, 3.8) is 0 Å². The van der Waals surface area contributed by atoms with Crippen molar-refractivity contribution in [3.8, 4) is 11.5 Å². The summed E-state index contributed by atoms with van der Waals surface area (Å²) in [5, 5.41) is 0. The molecule has 0 saturated carbocycles. The number of hydrogen-bond acceptors (Lipinski definition) is 3. The van der Waals surface area contributed by atoms with E-state index in [4.69, 9.17) is 46.8 Å². The maximum atomic E-state index is 5.96. The zero-order valence-corrected chi connectivity index (χ0v) is 15.0. The van der Waals surface area contributed by atoms with Crippen LogP contribution in [0.15, 0.2) is 18.2 Å². The molecule has 0 spiro atoms. The SMILES string of the molecule is CC[Si]1(C)OCc2cc(OC[Si](Cl)(Cl)Cl)ccc2O1. The molecule has 19 heavy (non-hydrogen) atoms. The summed E-state index contributed by atoms with van der Waals surface area (Å²) in [7, 11) is -2.02. The average Bonchev–Trinajstić information content (AvgIpc) is 2.35. The van der Waals surface area contributed by atoms with E-state index in [9.17, 15) is 0 Å². The quantitative estimate of drug-likeness (QED) is 0.595. The lowest BCUT2D eigenvalue weighted by atomic mass is 10.2. The van der Waals surface area contributed by atoms with Crippen LogP contribution in [0.4, 0.5) is 0 Å². The average molecular weight is 358 g/mol. The highest BCUT2D eigenvalue weighted by atomic mass is 35.8. The Bertz CT molecular complexity index is 467. The predicted octanol–water partition coefficient (Wildman–Crippen LogP) is 4.26. The fourth-order valence-electron chi connectivity index (χ4n) is 1.69. The minimum atomic E-state index is -2.77. The van der Waals surface area contributed by atoms with Gasteiger partial charge in [-0.3, -0.25) is 0 Å². The van der Waals surface area contributed by atoms with Gasteiger partial charge in [0.25, 0.3) is 0 Å². The van der Waals surface area contributed by atoms with Crippen molar-refractivity contribution in [2.24, 2.45) is 0 Å². The lowest BCUT2D eigenvalue weighted by Gasteiger charge is -2.32. The van der Waals surface area contributed by atoms with E-state index < -0.39 is 14.6 Å². The molecular weight excluding hydrogens is 343 g/mol. The van der Waals surface area contributed by atoms with E-state index >= 15 is 0 Å². The molecule has 0 amide bonds. The van der Waals surface area contributed by atoms with Gasteiger partial charge in [-0.1, -0.05) is 6.92 Å². The predicted molar refractivity (Wildman–Crippen MR) is 82.8 cm³/mol. The molecular formula is C11H15Cl3O3Si2. The summed E-state index contributed by atoms with van der Waals surface area (Å²) < 4.78 is 17.3. The molecule has 1 aliphatic heterocycles. The monoisotopic (exact) mass is 356 g/mol. The summed E-state index contributed by atoms with van der Waals surface area (Å²) in [5.74, 6) is 1.55. The molecule has 0 saturated heterocycles. The summed E-state index contributed by atoms with van der Waals surface area (Å²) >= 11 is 17.4. The van der Waals surface area contributed by atoms with Crippen LogP contribution in [0.5, 0.6) is 11.5 Å². The number of rotatable bonds is 4. The minimum Gasteiger partial charge on any atom is -0.520 e. The first-order valence-corrected chi connectivity index (χ1v) is 13.7. The van der Waals surface area contributed by atoms with E-state index in [-0.39, 0.29) is 6.23 Å². The van der Waals surface area contributed by atoms with Gasteiger partial charge in [0.1, 0.15) is 17.7 Å². The summed E-state index contributed by atoms with van der Waals surface area (Å²) in [4.78, 5) is 0. The zero-order chi connectivity index (χ0) is 14.1. The highest BCUT2D eigenvalue weighted by Crippen LogP contribution is 2.33. The Balaban J connectivity index is 2.09. The molecule has 0 radical (unpaired) electrons. The maximum absolute atomic E-state index is 5.96. The van der Waals surface area contributed by atoms with E-state index in [2.05, 4.69) is 13.5 Å². The Morgan fingerprint density at radius 3 is 2.74 bits per heavy atom. The van der Waals surface area contributed by atoms with Gasteiger partial charge in [0.2, 0.25) is 0 Å². The molecule has 106 valence electrons. The largest absolute Gasteiger partial charge is 0.520 e. The van der Waals surface area contributed by atoms with Crippen molar-refractivity contribution < 1.29 is 13.6 Å². The first kappa shape index (κ1) is 15.5. The minimum absolute atomic E-state index is 0.138. The van der Waals surface area contributed by atoms with Crippen molar-refractivity contribution in [3.05, 3.63) is 23.8 Å². The van der Waals surface area contributed by atoms with Gasteiger partial charge < -0.3 is 13.6 Å². The third-order valence-corrected chi connectivity index (χ3v) is 7.08. The second kappa shape index (κ2) is 5.83. The van der Waals surface area contributed by atoms with Crippen molar-refractivity contribution in [1.82, 2.24) is 0 Å². The van der Waals surface area contributed by atoms with E-state index in [0.717, 1.165) is 17.4 Å². The Morgan fingerprint density at radius 2 is 2.11 bits per heavy atom. The van der Waals surface area contributed by atoms with E-state index in [1.54, 1.807) is 0 Å². The van der Waals surface area contributed by atoms with Crippen molar-refractivity contribution in [1.29, 1.82) is 0 Å². The maximum Gasteiger partial charge on any atom is 0.395 e.